The second kappa shape index (κ2) is 5.77. The van der Waals surface area contributed by atoms with Gasteiger partial charge in [0.05, 0.1) is 29.8 Å². The number of carbonyl (C=O) groups is 1. The van der Waals surface area contributed by atoms with E-state index in [1.165, 1.54) is 25.3 Å². The summed E-state index contributed by atoms with van der Waals surface area (Å²) in [5, 5.41) is 14.2. The van der Waals surface area contributed by atoms with Gasteiger partial charge in [-0.05, 0) is 6.07 Å². The van der Waals surface area contributed by atoms with Crippen LogP contribution < -0.4 is 5.32 Å². The molecule has 1 unspecified atom stereocenters. The van der Waals surface area contributed by atoms with E-state index in [4.69, 9.17) is 4.74 Å². The molecule has 1 heterocycles. The van der Waals surface area contributed by atoms with Crippen molar-refractivity contribution in [3.8, 4) is 0 Å². The van der Waals surface area contributed by atoms with E-state index >= 15 is 0 Å². The smallest absolute Gasteiger partial charge is 0.338 e. The van der Waals surface area contributed by atoms with Gasteiger partial charge in [0.15, 0.2) is 0 Å². The number of methoxy groups -OCH3 is 1. The van der Waals surface area contributed by atoms with Crippen molar-refractivity contribution in [2.45, 2.75) is 6.10 Å². The Labute approximate surface area is 109 Å². The second-order valence-corrected chi connectivity index (χ2v) is 4.05. The van der Waals surface area contributed by atoms with Crippen molar-refractivity contribution < 1.29 is 19.2 Å². The number of nitrogens with zero attached hydrogens (tertiary/aromatic N) is 1. The molecule has 0 spiro atoms. The van der Waals surface area contributed by atoms with Gasteiger partial charge in [0.25, 0.3) is 5.69 Å². The molecule has 1 aliphatic rings. The highest BCUT2D eigenvalue weighted by atomic mass is 16.6. The van der Waals surface area contributed by atoms with E-state index in [-0.39, 0.29) is 16.8 Å². The maximum Gasteiger partial charge on any atom is 0.338 e. The molecule has 102 valence electrons. The minimum absolute atomic E-state index is 0.128. The predicted octanol–water partition coefficient (Wildman–Crippen LogP) is 1.04. The lowest BCUT2D eigenvalue weighted by Crippen LogP contribution is -2.34. The summed E-state index contributed by atoms with van der Waals surface area (Å²) in [5.41, 5.74) is 0.313. The molecule has 0 amide bonds. The number of hydrogen-bond acceptors (Lipinski definition) is 6. The first-order valence-electron chi connectivity index (χ1n) is 5.83. The van der Waals surface area contributed by atoms with Crippen LogP contribution in [0.15, 0.2) is 18.2 Å². The summed E-state index contributed by atoms with van der Waals surface area (Å²) in [6.07, 6.45) is -0.524. The first-order chi connectivity index (χ1) is 9.15. The molecule has 1 fully saturated rings. The quantitative estimate of drug-likeness (QED) is 0.499. The fourth-order valence-electron chi connectivity index (χ4n) is 2.09. The average Bonchev–Trinajstić information content (AvgIpc) is 2.46. The highest BCUT2D eigenvalue weighted by molar-refractivity contribution is 5.92. The topological polar surface area (TPSA) is 90.7 Å². The molecular formula is C12H14N2O5. The first-order valence-corrected chi connectivity index (χ1v) is 5.83. The Morgan fingerprint density at radius 2 is 2.37 bits per heavy atom. The van der Waals surface area contributed by atoms with Crippen LogP contribution in [0.1, 0.15) is 22.0 Å². The molecule has 0 aliphatic carbocycles. The van der Waals surface area contributed by atoms with Crippen molar-refractivity contribution in [2.75, 3.05) is 26.8 Å². The Morgan fingerprint density at radius 1 is 1.58 bits per heavy atom. The Bertz CT molecular complexity index is 497. The van der Waals surface area contributed by atoms with Crippen LogP contribution in [0.4, 0.5) is 5.69 Å². The minimum atomic E-state index is -0.604. The van der Waals surface area contributed by atoms with Gasteiger partial charge in [0, 0.05) is 19.2 Å². The lowest BCUT2D eigenvalue weighted by Gasteiger charge is -2.25. The molecule has 1 aromatic rings. The van der Waals surface area contributed by atoms with E-state index in [2.05, 4.69) is 10.1 Å². The zero-order valence-corrected chi connectivity index (χ0v) is 10.4. The molecule has 19 heavy (non-hydrogen) atoms. The molecule has 0 radical (unpaired) electrons. The normalized spacial score (nSPS) is 18.9. The number of morpholine rings is 1. The van der Waals surface area contributed by atoms with Gasteiger partial charge in [-0.15, -0.1) is 0 Å². The Balaban J connectivity index is 2.51. The van der Waals surface area contributed by atoms with Crippen LogP contribution in [-0.4, -0.2) is 37.7 Å². The maximum absolute atomic E-state index is 11.7. The molecule has 7 nitrogen and oxygen atoms in total. The molecule has 0 saturated carbocycles. The van der Waals surface area contributed by atoms with Gasteiger partial charge in [0.1, 0.15) is 6.10 Å². The molecule has 7 heteroatoms. The highest BCUT2D eigenvalue weighted by Gasteiger charge is 2.30. The van der Waals surface area contributed by atoms with Crippen LogP contribution in [0.5, 0.6) is 0 Å². The Kier molecular flexibility index (Phi) is 4.08. The van der Waals surface area contributed by atoms with E-state index in [0.29, 0.717) is 19.7 Å². The van der Waals surface area contributed by atoms with Gasteiger partial charge in [-0.2, -0.15) is 0 Å². The number of nitro groups is 1. The molecule has 1 aliphatic heterocycles. The van der Waals surface area contributed by atoms with Crippen molar-refractivity contribution >= 4 is 11.7 Å². The fraction of sp³-hybridized carbons (Fsp3) is 0.417. The molecule has 1 atom stereocenters. The van der Waals surface area contributed by atoms with Crippen molar-refractivity contribution in [3.63, 3.8) is 0 Å². The van der Waals surface area contributed by atoms with Crippen LogP contribution in [0, 0.1) is 10.1 Å². The van der Waals surface area contributed by atoms with Crippen LogP contribution in [0.3, 0.4) is 0 Å². The van der Waals surface area contributed by atoms with Crippen molar-refractivity contribution in [1.29, 1.82) is 0 Å². The molecule has 1 aromatic carbocycles. The van der Waals surface area contributed by atoms with Gasteiger partial charge in [0.2, 0.25) is 0 Å². The van der Waals surface area contributed by atoms with Crippen LogP contribution >= 0.6 is 0 Å². The monoisotopic (exact) mass is 266 g/mol. The van der Waals surface area contributed by atoms with E-state index in [0.717, 1.165) is 0 Å². The van der Waals surface area contributed by atoms with Gasteiger partial charge < -0.3 is 14.8 Å². The predicted molar refractivity (Wildman–Crippen MR) is 66.0 cm³/mol. The summed E-state index contributed by atoms with van der Waals surface area (Å²) in [6, 6.07) is 4.33. The van der Waals surface area contributed by atoms with E-state index in [1.54, 1.807) is 0 Å². The molecule has 1 N–H and O–H groups in total. The summed E-state index contributed by atoms with van der Waals surface area (Å²) in [4.78, 5) is 22.3. The van der Waals surface area contributed by atoms with Crippen molar-refractivity contribution in [2.24, 2.45) is 0 Å². The highest BCUT2D eigenvalue weighted by Crippen LogP contribution is 2.32. The third kappa shape index (κ3) is 2.72. The van der Waals surface area contributed by atoms with Crippen LogP contribution in [0.2, 0.25) is 0 Å². The lowest BCUT2D eigenvalue weighted by atomic mass is 9.99. The largest absolute Gasteiger partial charge is 0.465 e. The summed E-state index contributed by atoms with van der Waals surface area (Å²) in [6.45, 7) is 1.55. The number of ether oxygens (including phenoxy) is 2. The molecule has 1 saturated heterocycles. The standard InChI is InChI=1S/C12H14N2O5/c1-18-12(15)8-3-2-4-9(14(16)17)11(8)10-7-13-5-6-19-10/h2-4,10,13H,5-7H2,1H3. The summed E-state index contributed by atoms with van der Waals surface area (Å²) in [5.74, 6) is -0.604. The number of benzene rings is 1. The fourth-order valence-corrected chi connectivity index (χ4v) is 2.09. The molecular weight excluding hydrogens is 252 g/mol. The summed E-state index contributed by atoms with van der Waals surface area (Å²) >= 11 is 0. The second-order valence-electron chi connectivity index (χ2n) is 4.05. The Morgan fingerprint density at radius 3 is 2.95 bits per heavy atom. The van der Waals surface area contributed by atoms with Gasteiger partial charge >= 0.3 is 5.97 Å². The number of esters is 1. The number of carbonyl (C=O) groups excluding carboxylic acids is 1. The summed E-state index contributed by atoms with van der Waals surface area (Å²) in [7, 11) is 1.24. The van der Waals surface area contributed by atoms with E-state index in [9.17, 15) is 14.9 Å². The number of nitrogens with one attached hydrogen (secondary N) is 1. The Hall–Kier alpha value is -1.99. The van der Waals surface area contributed by atoms with Gasteiger partial charge in [-0.3, -0.25) is 10.1 Å². The third-order valence-electron chi connectivity index (χ3n) is 2.93. The van der Waals surface area contributed by atoms with E-state index in [1.807, 2.05) is 0 Å². The third-order valence-corrected chi connectivity index (χ3v) is 2.93. The molecule has 2 rings (SSSR count). The number of rotatable bonds is 3. The average molecular weight is 266 g/mol. The van der Waals surface area contributed by atoms with Crippen LogP contribution in [-0.2, 0) is 9.47 Å². The minimum Gasteiger partial charge on any atom is -0.465 e. The zero-order valence-electron chi connectivity index (χ0n) is 10.4. The lowest BCUT2D eigenvalue weighted by molar-refractivity contribution is -0.386. The van der Waals surface area contributed by atoms with E-state index < -0.39 is 17.0 Å². The molecule has 0 aromatic heterocycles. The van der Waals surface area contributed by atoms with Crippen molar-refractivity contribution in [1.82, 2.24) is 5.32 Å². The maximum atomic E-state index is 11.7. The first kappa shape index (κ1) is 13.4. The molecule has 0 bridgehead atoms. The number of nitro benzene ring substituents is 1. The van der Waals surface area contributed by atoms with Gasteiger partial charge in [-0.1, -0.05) is 6.07 Å². The van der Waals surface area contributed by atoms with Crippen LogP contribution in [0.25, 0.3) is 0 Å². The zero-order chi connectivity index (χ0) is 13.8. The van der Waals surface area contributed by atoms with Crippen molar-refractivity contribution in [3.05, 3.63) is 39.4 Å². The SMILES string of the molecule is COC(=O)c1cccc([N+](=O)[O-])c1C1CNCCO1. The summed E-state index contributed by atoms with van der Waals surface area (Å²) < 4.78 is 10.2. The van der Waals surface area contributed by atoms with Gasteiger partial charge in [-0.25, -0.2) is 4.79 Å². The number of hydrogen-bond donors (Lipinski definition) is 1.